The van der Waals surface area contributed by atoms with Gasteiger partial charge in [0, 0.05) is 12.6 Å². The van der Waals surface area contributed by atoms with Crippen LogP contribution < -0.4 is 14.4 Å². The Kier molecular flexibility index (Phi) is 11.3. The van der Waals surface area contributed by atoms with E-state index in [1.165, 1.54) is 24.1 Å². The number of methoxy groups -OCH3 is 1. The van der Waals surface area contributed by atoms with Crippen molar-refractivity contribution in [3.63, 3.8) is 0 Å². The van der Waals surface area contributed by atoms with E-state index < -0.39 is 28.5 Å². The van der Waals surface area contributed by atoms with E-state index in [1.807, 2.05) is 6.92 Å². The number of sulfonamides is 1. The number of hydrogen-bond donors (Lipinski definition) is 1. The van der Waals surface area contributed by atoms with E-state index in [-0.39, 0.29) is 29.1 Å². The molecule has 0 saturated heterocycles. The van der Waals surface area contributed by atoms with Gasteiger partial charge in [0.2, 0.25) is 11.8 Å². The highest BCUT2D eigenvalue weighted by atomic mass is 35.5. The maximum Gasteiger partial charge on any atom is 0.264 e. The summed E-state index contributed by atoms with van der Waals surface area (Å²) in [6, 6.07) is 18.6. The van der Waals surface area contributed by atoms with E-state index in [0.29, 0.717) is 27.8 Å². The lowest BCUT2D eigenvalue weighted by molar-refractivity contribution is -0.140. The minimum Gasteiger partial charge on any atom is -0.497 e. The molecule has 11 heteroatoms. The molecule has 43 heavy (non-hydrogen) atoms. The first-order valence-electron chi connectivity index (χ1n) is 14.4. The van der Waals surface area contributed by atoms with Crippen LogP contribution in [-0.2, 0) is 26.2 Å². The van der Waals surface area contributed by atoms with E-state index in [0.717, 1.165) is 36.4 Å². The zero-order valence-electron chi connectivity index (χ0n) is 24.3. The average molecular weight is 647 g/mol. The molecule has 0 aromatic heterocycles. The number of amides is 2. The first kappa shape index (κ1) is 32.6. The van der Waals surface area contributed by atoms with E-state index in [9.17, 15) is 18.0 Å². The van der Waals surface area contributed by atoms with Crippen LogP contribution in [0.3, 0.4) is 0 Å². The molecule has 1 fully saturated rings. The van der Waals surface area contributed by atoms with E-state index in [1.54, 1.807) is 60.7 Å². The summed E-state index contributed by atoms with van der Waals surface area (Å²) in [4.78, 5) is 29.4. The molecule has 1 saturated carbocycles. The fraction of sp³-hybridized carbons (Fsp3) is 0.375. The van der Waals surface area contributed by atoms with Crippen LogP contribution in [0.4, 0.5) is 5.69 Å². The molecule has 0 spiro atoms. The first-order valence-corrected chi connectivity index (χ1v) is 16.6. The molecule has 4 rings (SSSR count). The second-order valence-corrected chi connectivity index (χ2v) is 13.2. The van der Waals surface area contributed by atoms with Crippen molar-refractivity contribution in [2.24, 2.45) is 0 Å². The lowest BCUT2D eigenvalue weighted by atomic mass is 9.95. The van der Waals surface area contributed by atoms with Crippen LogP contribution >= 0.6 is 23.2 Å². The Bertz CT molecular complexity index is 1500. The average Bonchev–Trinajstić information content (AvgIpc) is 3.02. The standard InChI is InChI=1S/C32H37Cl2N3O5S/c1-3-30(32(39)35-24-10-6-4-7-11-24)36(21-23-14-19-28(33)29(34)20-23)31(38)22-37(25-15-17-26(42-2)18-16-25)43(40,41)27-12-8-5-9-13-27/h5,8-9,12-20,24,30H,3-4,6-7,10-11,21-22H2,1-2H3,(H,35,39)/t30-/m0/s1. The van der Waals surface area contributed by atoms with Crippen LogP contribution in [0.2, 0.25) is 10.0 Å². The third kappa shape index (κ3) is 8.22. The Labute approximate surface area is 264 Å². The molecule has 2 amide bonds. The van der Waals surface area contributed by atoms with Gasteiger partial charge in [0.1, 0.15) is 18.3 Å². The molecular weight excluding hydrogens is 609 g/mol. The normalized spacial score (nSPS) is 14.5. The molecule has 3 aromatic carbocycles. The molecule has 0 heterocycles. The second kappa shape index (κ2) is 14.9. The molecular formula is C32H37Cl2N3O5S. The smallest absolute Gasteiger partial charge is 0.264 e. The Hall–Kier alpha value is -3.27. The zero-order valence-corrected chi connectivity index (χ0v) is 26.7. The highest BCUT2D eigenvalue weighted by molar-refractivity contribution is 7.92. The van der Waals surface area contributed by atoms with Crippen molar-refractivity contribution in [2.45, 2.75) is 69.0 Å². The fourth-order valence-corrected chi connectivity index (χ4v) is 7.05. The molecule has 1 aliphatic carbocycles. The number of halogens is 2. The Morgan fingerprint density at radius 3 is 2.23 bits per heavy atom. The topological polar surface area (TPSA) is 96.0 Å². The zero-order chi connectivity index (χ0) is 31.0. The summed E-state index contributed by atoms with van der Waals surface area (Å²) < 4.78 is 34.2. The van der Waals surface area contributed by atoms with Crippen molar-refractivity contribution >= 4 is 50.7 Å². The molecule has 230 valence electrons. The van der Waals surface area contributed by atoms with Crippen LogP contribution in [0, 0.1) is 0 Å². The van der Waals surface area contributed by atoms with Crippen LogP contribution in [0.25, 0.3) is 0 Å². The second-order valence-electron chi connectivity index (χ2n) is 10.6. The molecule has 0 unspecified atom stereocenters. The van der Waals surface area contributed by atoms with Crippen LogP contribution in [0.15, 0.2) is 77.7 Å². The Balaban J connectivity index is 1.71. The van der Waals surface area contributed by atoms with Crippen molar-refractivity contribution in [3.8, 4) is 5.75 Å². The number of carbonyl (C=O) groups excluding carboxylic acids is 2. The predicted molar refractivity (Wildman–Crippen MR) is 170 cm³/mol. The van der Waals surface area contributed by atoms with Crippen molar-refractivity contribution < 1.29 is 22.7 Å². The van der Waals surface area contributed by atoms with Crippen LogP contribution in [-0.4, -0.2) is 50.9 Å². The number of ether oxygens (including phenoxy) is 1. The molecule has 0 radical (unpaired) electrons. The van der Waals surface area contributed by atoms with Gasteiger partial charge < -0.3 is 15.0 Å². The number of nitrogens with one attached hydrogen (secondary N) is 1. The van der Waals surface area contributed by atoms with Gasteiger partial charge in [-0.3, -0.25) is 13.9 Å². The number of hydrogen-bond acceptors (Lipinski definition) is 5. The summed E-state index contributed by atoms with van der Waals surface area (Å²) in [6.45, 7) is 1.34. The van der Waals surface area contributed by atoms with Crippen molar-refractivity contribution in [1.82, 2.24) is 10.2 Å². The number of nitrogens with zero attached hydrogens (tertiary/aromatic N) is 2. The highest BCUT2D eigenvalue weighted by Gasteiger charge is 2.34. The van der Waals surface area contributed by atoms with E-state index >= 15 is 0 Å². The fourth-order valence-electron chi connectivity index (χ4n) is 5.30. The summed E-state index contributed by atoms with van der Waals surface area (Å²) in [5.41, 5.74) is 0.945. The van der Waals surface area contributed by atoms with Crippen LogP contribution in [0.1, 0.15) is 51.0 Å². The van der Waals surface area contributed by atoms with Gasteiger partial charge in [-0.05, 0) is 73.4 Å². The minimum absolute atomic E-state index is 0.0359. The summed E-state index contributed by atoms with van der Waals surface area (Å²) in [5, 5.41) is 3.82. The van der Waals surface area contributed by atoms with Gasteiger partial charge in [0.25, 0.3) is 10.0 Å². The number of carbonyl (C=O) groups is 2. The van der Waals surface area contributed by atoms with Crippen molar-refractivity contribution in [2.75, 3.05) is 18.0 Å². The molecule has 0 bridgehead atoms. The third-order valence-corrected chi connectivity index (χ3v) is 10.2. The molecule has 0 aliphatic heterocycles. The minimum atomic E-state index is -4.16. The molecule has 1 aliphatic rings. The van der Waals surface area contributed by atoms with E-state index in [2.05, 4.69) is 5.32 Å². The summed E-state index contributed by atoms with van der Waals surface area (Å²) in [5.74, 6) is -0.254. The third-order valence-electron chi connectivity index (χ3n) is 7.64. The largest absolute Gasteiger partial charge is 0.497 e. The monoisotopic (exact) mass is 645 g/mol. The lowest BCUT2D eigenvalue weighted by Gasteiger charge is -2.34. The maximum atomic E-state index is 14.2. The van der Waals surface area contributed by atoms with Gasteiger partial charge in [-0.25, -0.2) is 8.42 Å². The van der Waals surface area contributed by atoms with Crippen molar-refractivity contribution in [3.05, 3.63) is 88.4 Å². The van der Waals surface area contributed by atoms with Gasteiger partial charge in [0.05, 0.1) is 27.7 Å². The molecule has 8 nitrogen and oxygen atoms in total. The summed E-state index contributed by atoms with van der Waals surface area (Å²) in [6.07, 6.45) is 5.35. The highest BCUT2D eigenvalue weighted by Crippen LogP contribution is 2.28. The van der Waals surface area contributed by atoms with Crippen molar-refractivity contribution in [1.29, 1.82) is 0 Å². The molecule has 3 aromatic rings. The molecule has 1 atom stereocenters. The van der Waals surface area contributed by atoms with E-state index in [4.69, 9.17) is 27.9 Å². The summed E-state index contributed by atoms with van der Waals surface area (Å²) in [7, 11) is -2.64. The van der Waals surface area contributed by atoms with Gasteiger partial charge in [-0.1, -0.05) is 73.7 Å². The van der Waals surface area contributed by atoms with Gasteiger partial charge >= 0.3 is 0 Å². The maximum absolute atomic E-state index is 14.2. The number of anilines is 1. The summed E-state index contributed by atoms with van der Waals surface area (Å²) >= 11 is 12.4. The molecule has 1 N–H and O–H groups in total. The quantitative estimate of drug-likeness (QED) is 0.244. The van der Waals surface area contributed by atoms with Crippen LogP contribution in [0.5, 0.6) is 5.75 Å². The first-order chi connectivity index (χ1) is 20.6. The Morgan fingerprint density at radius 2 is 1.63 bits per heavy atom. The van der Waals surface area contributed by atoms with Gasteiger partial charge in [0.15, 0.2) is 0 Å². The predicted octanol–water partition coefficient (Wildman–Crippen LogP) is 6.45. The van der Waals surface area contributed by atoms with Gasteiger partial charge in [-0.2, -0.15) is 0 Å². The van der Waals surface area contributed by atoms with Gasteiger partial charge in [-0.15, -0.1) is 0 Å². The number of benzene rings is 3. The lowest BCUT2D eigenvalue weighted by Crippen LogP contribution is -2.54. The number of rotatable bonds is 12. The SMILES string of the molecule is CC[C@@H](C(=O)NC1CCCCC1)N(Cc1ccc(Cl)c(Cl)c1)C(=O)CN(c1ccc(OC)cc1)S(=O)(=O)c1ccccc1. The Morgan fingerprint density at radius 1 is 0.953 bits per heavy atom.